The minimum absolute atomic E-state index is 0.292. The number of rotatable bonds is 3. The summed E-state index contributed by atoms with van der Waals surface area (Å²) >= 11 is 0. The van der Waals surface area contributed by atoms with Crippen molar-refractivity contribution in [3.05, 3.63) is 84.2 Å². The third-order valence-corrected chi connectivity index (χ3v) is 4.60. The second-order valence-corrected chi connectivity index (χ2v) is 6.16. The van der Waals surface area contributed by atoms with E-state index in [-0.39, 0.29) is 5.91 Å². The summed E-state index contributed by atoms with van der Waals surface area (Å²) in [6, 6.07) is 17.9. The Balaban J connectivity index is 1.55. The van der Waals surface area contributed by atoms with Crippen molar-refractivity contribution in [1.82, 2.24) is 9.88 Å². The Bertz CT molecular complexity index is 945. The van der Waals surface area contributed by atoms with Gasteiger partial charge in [-0.25, -0.2) is 0 Å². The molecule has 1 atom stereocenters. The van der Waals surface area contributed by atoms with Crippen LogP contribution in [0.2, 0.25) is 0 Å². The van der Waals surface area contributed by atoms with Crippen LogP contribution in [0.15, 0.2) is 73.1 Å². The van der Waals surface area contributed by atoms with Crippen LogP contribution >= 0.6 is 0 Å². The highest BCUT2D eigenvalue weighted by Crippen LogP contribution is 2.29. The van der Waals surface area contributed by atoms with Crippen LogP contribution in [-0.4, -0.2) is 34.0 Å². The zero-order chi connectivity index (χ0) is 17.2. The van der Waals surface area contributed by atoms with Crippen molar-refractivity contribution in [1.29, 1.82) is 0 Å². The third kappa shape index (κ3) is 2.92. The lowest BCUT2D eigenvalue weighted by atomic mass is 9.99. The Morgan fingerprint density at radius 3 is 2.76 bits per heavy atom. The van der Waals surface area contributed by atoms with Crippen molar-refractivity contribution >= 4 is 22.3 Å². The number of nitrogens with zero attached hydrogens (tertiary/aromatic N) is 2. The van der Waals surface area contributed by atoms with Crippen LogP contribution in [0.5, 0.6) is 0 Å². The van der Waals surface area contributed by atoms with Gasteiger partial charge in [0, 0.05) is 31.0 Å². The van der Waals surface area contributed by atoms with E-state index in [1.807, 2.05) is 18.2 Å². The lowest BCUT2D eigenvalue weighted by Crippen LogP contribution is -2.33. The molecule has 2 heterocycles. The number of pyridine rings is 1. The summed E-state index contributed by atoms with van der Waals surface area (Å²) in [7, 11) is 0. The van der Waals surface area contributed by atoms with E-state index in [0.29, 0.717) is 18.7 Å². The van der Waals surface area contributed by atoms with Crippen molar-refractivity contribution in [3.8, 4) is 0 Å². The van der Waals surface area contributed by atoms with Gasteiger partial charge in [0.25, 0.3) is 5.91 Å². The quantitative estimate of drug-likeness (QED) is 0.802. The fraction of sp³-hybridized carbons (Fsp3) is 0.143. The smallest absolute Gasteiger partial charge is 0.256 e. The second-order valence-electron chi connectivity index (χ2n) is 6.16. The van der Waals surface area contributed by atoms with Gasteiger partial charge >= 0.3 is 0 Å². The summed E-state index contributed by atoms with van der Waals surface area (Å²) in [4.78, 5) is 18.2. The van der Waals surface area contributed by atoms with Gasteiger partial charge in [-0.15, -0.1) is 0 Å². The first-order valence-electron chi connectivity index (χ1n) is 8.28. The third-order valence-electron chi connectivity index (χ3n) is 4.60. The molecular formula is C21H18N2O2. The van der Waals surface area contributed by atoms with Gasteiger partial charge in [0.15, 0.2) is 6.10 Å². The maximum Gasteiger partial charge on any atom is 0.256 e. The molecule has 0 spiro atoms. The highest BCUT2D eigenvalue weighted by molar-refractivity contribution is 5.96. The average Bonchev–Trinajstić information content (AvgIpc) is 3.17. The van der Waals surface area contributed by atoms with Gasteiger partial charge in [0.05, 0.1) is 0 Å². The molecule has 0 fully saturated rings. The Hall–Kier alpha value is -2.98. The molecule has 1 unspecified atom stereocenters. The number of amides is 1. The van der Waals surface area contributed by atoms with E-state index in [1.54, 1.807) is 23.2 Å². The molecule has 1 aliphatic rings. The van der Waals surface area contributed by atoms with E-state index in [2.05, 4.69) is 35.3 Å². The molecule has 25 heavy (non-hydrogen) atoms. The molecule has 1 amide bonds. The molecule has 0 radical (unpaired) electrons. The van der Waals surface area contributed by atoms with Crippen molar-refractivity contribution in [2.75, 3.05) is 13.1 Å². The summed E-state index contributed by atoms with van der Waals surface area (Å²) in [6.45, 7) is 1.01. The van der Waals surface area contributed by atoms with Crippen molar-refractivity contribution in [2.45, 2.75) is 6.10 Å². The van der Waals surface area contributed by atoms with E-state index >= 15 is 0 Å². The molecule has 1 N–H and O–H groups in total. The summed E-state index contributed by atoms with van der Waals surface area (Å²) in [5, 5.41) is 12.7. The first-order chi connectivity index (χ1) is 12.2. The first kappa shape index (κ1) is 15.5. The van der Waals surface area contributed by atoms with Gasteiger partial charge in [-0.3, -0.25) is 9.78 Å². The Labute approximate surface area is 146 Å². The van der Waals surface area contributed by atoms with E-state index in [4.69, 9.17) is 0 Å². The highest BCUT2D eigenvalue weighted by atomic mass is 16.3. The largest absolute Gasteiger partial charge is 0.378 e. The van der Waals surface area contributed by atoms with Gasteiger partial charge in [-0.2, -0.15) is 0 Å². The van der Waals surface area contributed by atoms with Gasteiger partial charge in [-0.1, -0.05) is 54.6 Å². The van der Waals surface area contributed by atoms with E-state index in [0.717, 1.165) is 11.1 Å². The Morgan fingerprint density at radius 1 is 1.08 bits per heavy atom. The first-order valence-corrected chi connectivity index (χ1v) is 8.28. The molecule has 0 aliphatic carbocycles. The van der Waals surface area contributed by atoms with E-state index < -0.39 is 6.10 Å². The van der Waals surface area contributed by atoms with Crippen LogP contribution in [-0.2, 0) is 4.79 Å². The predicted octanol–water partition coefficient (Wildman–Crippen LogP) is 3.19. The van der Waals surface area contributed by atoms with Gasteiger partial charge in [-0.05, 0) is 28.0 Å². The number of aromatic nitrogens is 1. The molecule has 0 bridgehead atoms. The van der Waals surface area contributed by atoms with Crippen LogP contribution in [0.1, 0.15) is 17.2 Å². The number of hydrogen-bond donors (Lipinski definition) is 1. The minimum atomic E-state index is -1.17. The van der Waals surface area contributed by atoms with Crippen LogP contribution in [0.3, 0.4) is 0 Å². The van der Waals surface area contributed by atoms with Crippen molar-refractivity contribution in [3.63, 3.8) is 0 Å². The van der Waals surface area contributed by atoms with E-state index in [1.165, 1.54) is 17.0 Å². The summed E-state index contributed by atoms with van der Waals surface area (Å²) in [5.74, 6) is -0.292. The normalized spacial score (nSPS) is 15.2. The maximum atomic E-state index is 12.6. The number of carbonyl (C=O) groups excluding carboxylic acids is 1. The number of fused-ring (bicyclic) bond motifs is 1. The molecule has 4 rings (SSSR count). The van der Waals surface area contributed by atoms with Crippen LogP contribution in [0.4, 0.5) is 0 Å². The fourth-order valence-electron chi connectivity index (χ4n) is 3.28. The summed E-state index contributed by atoms with van der Waals surface area (Å²) in [5.41, 5.74) is 2.78. The fourth-order valence-corrected chi connectivity index (χ4v) is 3.28. The molecule has 3 aromatic rings. The summed E-state index contributed by atoms with van der Waals surface area (Å²) in [6.07, 6.45) is 4.04. The highest BCUT2D eigenvalue weighted by Gasteiger charge is 2.27. The van der Waals surface area contributed by atoms with Crippen molar-refractivity contribution in [2.24, 2.45) is 0 Å². The molecule has 0 saturated heterocycles. The standard InChI is InChI=1S/C21H18N2O2/c24-20(16-7-4-11-22-13-16)21(25)23-12-10-17(14-23)19-9-3-6-15-5-1-2-8-18(15)19/h1-11,13,20,24H,12,14H2. The average molecular weight is 330 g/mol. The zero-order valence-electron chi connectivity index (χ0n) is 13.7. The monoisotopic (exact) mass is 330 g/mol. The van der Waals surface area contributed by atoms with Crippen LogP contribution in [0.25, 0.3) is 16.3 Å². The van der Waals surface area contributed by atoms with Gasteiger partial charge in [0.2, 0.25) is 0 Å². The van der Waals surface area contributed by atoms with Gasteiger partial charge < -0.3 is 10.0 Å². The molecule has 1 aromatic heterocycles. The minimum Gasteiger partial charge on any atom is -0.378 e. The van der Waals surface area contributed by atoms with E-state index in [9.17, 15) is 9.90 Å². The topological polar surface area (TPSA) is 53.4 Å². The lowest BCUT2D eigenvalue weighted by molar-refractivity contribution is -0.139. The molecule has 1 aliphatic heterocycles. The van der Waals surface area contributed by atoms with Gasteiger partial charge in [0.1, 0.15) is 0 Å². The number of benzene rings is 2. The van der Waals surface area contributed by atoms with Crippen LogP contribution in [0, 0.1) is 0 Å². The molecule has 4 heteroatoms. The second kappa shape index (κ2) is 6.49. The maximum absolute atomic E-state index is 12.6. The molecular weight excluding hydrogens is 312 g/mol. The zero-order valence-corrected chi connectivity index (χ0v) is 13.7. The Morgan fingerprint density at radius 2 is 1.92 bits per heavy atom. The SMILES string of the molecule is O=C(C(O)c1cccnc1)N1CC=C(c2cccc3ccccc23)C1. The molecule has 124 valence electrons. The number of hydrogen-bond acceptors (Lipinski definition) is 3. The molecule has 4 nitrogen and oxygen atoms in total. The molecule has 0 saturated carbocycles. The van der Waals surface area contributed by atoms with Crippen molar-refractivity contribution < 1.29 is 9.90 Å². The molecule has 2 aromatic carbocycles. The van der Waals surface area contributed by atoms with Crippen LogP contribution < -0.4 is 0 Å². The predicted molar refractivity (Wildman–Crippen MR) is 97.7 cm³/mol. The summed E-state index contributed by atoms with van der Waals surface area (Å²) < 4.78 is 0. The lowest BCUT2D eigenvalue weighted by Gasteiger charge is -2.20. The Kier molecular flexibility index (Phi) is 4.04. The number of aliphatic hydroxyl groups is 1. The number of carbonyl (C=O) groups is 1. The number of aliphatic hydroxyl groups excluding tert-OH is 1.